The molecular formula is C39H53N9O9S. The van der Waals surface area contributed by atoms with Gasteiger partial charge in [-0.15, -0.1) is 0 Å². The van der Waals surface area contributed by atoms with Crippen LogP contribution in [0.4, 0.5) is 5.95 Å². The lowest BCUT2D eigenvalue weighted by Crippen LogP contribution is -2.49. The standard InChI is InChI=1S/C39H53N9O9S/c1-8-30(40-4)37(52)42-14-13-41-33(49)10-9-17-57-27-18-24(2)35(25(3)19-27)58(54,55)46-31(38(53)56-7)22-44-36(51)29-23-48(6)32-20-26(11-12-28(32)34(29)50)21-45-39-43-15-16-47(39)5/h11-12,15-16,18-20,23,30-31,40,46H,8-10,13-14,17,21-22H2,1-7H3,(H,41,49)(H,42,52)(H,43,45)(H,44,51)/t30-,31-/m0/s1. The molecule has 0 saturated carbocycles. The first kappa shape index (κ1) is 44.9. The topological polar surface area (TPSA) is 233 Å². The first-order valence-corrected chi connectivity index (χ1v) is 20.3. The number of imidazole rings is 1. The van der Waals surface area contributed by atoms with E-state index in [4.69, 9.17) is 9.47 Å². The number of methoxy groups -OCH3 is 1. The number of carbonyl (C=O) groups is 4. The van der Waals surface area contributed by atoms with E-state index < -0.39 is 39.9 Å². The number of likely N-dealkylation sites (N-methyl/N-ethyl adjacent to an activating group) is 1. The van der Waals surface area contributed by atoms with Crippen LogP contribution < -0.4 is 41.5 Å². The Morgan fingerprint density at radius 3 is 2.29 bits per heavy atom. The fourth-order valence-corrected chi connectivity index (χ4v) is 7.97. The highest BCUT2D eigenvalue weighted by molar-refractivity contribution is 7.89. The van der Waals surface area contributed by atoms with Gasteiger partial charge in [-0.3, -0.25) is 24.0 Å². The normalized spacial score (nSPS) is 12.4. The number of hydrogen-bond acceptors (Lipinski definition) is 12. The molecule has 58 heavy (non-hydrogen) atoms. The van der Waals surface area contributed by atoms with E-state index in [2.05, 4.69) is 36.3 Å². The molecule has 314 valence electrons. The number of anilines is 1. The van der Waals surface area contributed by atoms with E-state index in [1.54, 1.807) is 50.8 Å². The van der Waals surface area contributed by atoms with Gasteiger partial charge in [0.25, 0.3) is 5.91 Å². The van der Waals surface area contributed by atoms with Crippen molar-refractivity contribution in [3.05, 3.63) is 81.4 Å². The second-order valence-corrected chi connectivity index (χ2v) is 15.3. The summed E-state index contributed by atoms with van der Waals surface area (Å²) < 4.78 is 43.8. The van der Waals surface area contributed by atoms with Crippen LogP contribution in [0, 0.1) is 13.8 Å². The zero-order chi connectivity index (χ0) is 42.6. The number of rotatable bonds is 21. The molecule has 2 aromatic carbocycles. The van der Waals surface area contributed by atoms with Gasteiger partial charge in [-0.1, -0.05) is 13.0 Å². The van der Waals surface area contributed by atoms with Gasteiger partial charge in [0.05, 0.1) is 30.2 Å². The van der Waals surface area contributed by atoms with Crippen molar-refractivity contribution in [1.29, 1.82) is 0 Å². The van der Waals surface area contributed by atoms with E-state index in [1.807, 2.05) is 30.8 Å². The van der Waals surface area contributed by atoms with Crippen LogP contribution in [0.1, 0.15) is 53.2 Å². The molecule has 6 N–H and O–H groups in total. The number of benzene rings is 2. The lowest BCUT2D eigenvalue weighted by Gasteiger charge is -2.20. The highest BCUT2D eigenvalue weighted by Crippen LogP contribution is 2.26. The number of nitrogens with one attached hydrogen (secondary N) is 6. The third-order valence-electron chi connectivity index (χ3n) is 9.36. The van der Waals surface area contributed by atoms with Crippen molar-refractivity contribution in [3.8, 4) is 5.75 Å². The van der Waals surface area contributed by atoms with Crippen LogP contribution >= 0.6 is 0 Å². The van der Waals surface area contributed by atoms with E-state index in [0.717, 1.165) is 12.7 Å². The molecule has 19 heteroatoms. The predicted octanol–water partition coefficient (Wildman–Crippen LogP) is 1.14. The Bertz CT molecular complexity index is 2260. The van der Waals surface area contributed by atoms with Gasteiger partial charge in [-0.05, 0) is 74.7 Å². The number of aryl methyl sites for hydroxylation is 4. The number of amides is 3. The minimum absolute atomic E-state index is 0.0931. The number of fused-ring (bicyclic) bond motifs is 1. The van der Waals surface area contributed by atoms with Crippen molar-refractivity contribution >= 4 is 50.6 Å². The highest BCUT2D eigenvalue weighted by Gasteiger charge is 2.30. The molecule has 0 aliphatic rings. The quantitative estimate of drug-likeness (QED) is 0.0513. The highest BCUT2D eigenvalue weighted by atomic mass is 32.2. The van der Waals surface area contributed by atoms with E-state index in [9.17, 15) is 32.4 Å². The molecule has 0 bridgehead atoms. The average molecular weight is 824 g/mol. The SMILES string of the molecule is CC[C@H](NC)C(=O)NCCNC(=O)CCCOc1cc(C)c(S(=O)(=O)N[C@@H](CNC(=O)c2cn(C)c3cc(CNc4nccn4C)ccc3c2=O)C(=O)OC)c(C)c1. The molecule has 2 aromatic heterocycles. The third kappa shape index (κ3) is 11.6. The van der Waals surface area contributed by atoms with Crippen molar-refractivity contribution in [3.63, 3.8) is 0 Å². The lowest BCUT2D eigenvalue weighted by atomic mass is 10.1. The summed E-state index contributed by atoms with van der Waals surface area (Å²) in [6.07, 6.45) is 6.10. The maximum Gasteiger partial charge on any atom is 0.325 e. The summed E-state index contributed by atoms with van der Waals surface area (Å²) in [5.41, 5.74) is 1.40. The number of ether oxygens (including phenoxy) is 2. The molecule has 0 aliphatic carbocycles. The minimum atomic E-state index is -4.35. The Balaban J connectivity index is 1.34. The predicted molar refractivity (Wildman–Crippen MR) is 218 cm³/mol. The van der Waals surface area contributed by atoms with Crippen LogP contribution in [-0.2, 0) is 49.8 Å². The fourth-order valence-electron chi connectivity index (χ4n) is 6.33. The first-order chi connectivity index (χ1) is 27.6. The number of esters is 1. The average Bonchev–Trinajstić information content (AvgIpc) is 3.60. The molecular weight excluding hydrogens is 771 g/mol. The maximum atomic E-state index is 13.7. The fraction of sp³-hybridized carbons (Fsp3) is 0.436. The second-order valence-electron chi connectivity index (χ2n) is 13.7. The number of hydrogen-bond donors (Lipinski definition) is 6. The van der Waals surface area contributed by atoms with Crippen LogP contribution in [0.15, 0.2) is 58.6 Å². The van der Waals surface area contributed by atoms with Gasteiger partial charge in [-0.2, -0.15) is 4.72 Å². The summed E-state index contributed by atoms with van der Waals surface area (Å²) in [7, 11) is 2.01. The van der Waals surface area contributed by atoms with E-state index in [0.29, 0.717) is 59.7 Å². The molecule has 2 atom stereocenters. The van der Waals surface area contributed by atoms with Crippen molar-refractivity contribution < 1.29 is 37.1 Å². The Kier molecular flexibility index (Phi) is 15.9. The van der Waals surface area contributed by atoms with Crippen molar-refractivity contribution in [2.75, 3.05) is 45.7 Å². The molecule has 0 saturated heterocycles. The van der Waals surface area contributed by atoms with Gasteiger partial charge in [0.2, 0.25) is 33.2 Å². The molecule has 0 fully saturated rings. The first-order valence-electron chi connectivity index (χ1n) is 18.8. The zero-order valence-electron chi connectivity index (χ0n) is 33.9. The number of carbonyl (C=O) groups excluding carboxylic acids is 4. The van der Waals surface area contributed by atoms with Crippen LogP contribution in [0.25, 0.3) is 10.9 Å². The van der Waals surface area contributed by atoms with Crippen molar-refractivity contribution in [2.24, 2.45) is 14.1 Å². The number of pyridine rings is 1. The molecule has 3 amide bonds. The molecule has 4 aromatic rings. The summed E-state index contributed by atoms with van der Waals surface area (Å²) in [6.45, 7) is 5.75. The summed E-state index contributed by atoms with van der Waals surface area (Å²) in [5, 5.41) is 14.5. The van der Waals surface area contributed by atoms with Crippen LogP contribution in [0.3, 0.4) is 0 Å². The van der Waals surface area contributed by atoms with Crippen LogP contribution in [-0.4, -0.2) is 98.7 Å². The van der Waals surface area contributed by atoms with Gasteiger partial charge in [0, 0.05) is 70.7 Å². The van der Waals surface area contributed by atoms with E-state index in [1.165, 1.54) is 18.3 Å². The Morgan fingerprint density at radius 1 is 0.948 bits per heavy atom. The molecule has 0 spiro atoms. The monoisotopic (exact) mass is 823 g/mol. The van der Waals surface area contributed by atoms with Crippen molar-refractivity contribution in [2.45, 2.75) is 63.6 Å². The summed E-state index contributed by atoms with van der Waals surface area (Å²) in [5.74, 6) is -1.02. The lowest BCUT2D eigenvalue weighted by molar-refractivity contribution is -0.142. The number of sulfonamides is 1. The molecule has 2 heterocycles. The van der Waals surface area contributed by atoms with Crippen LogP contribution in [0.2, 0.25) is 0 Å². The van der Waals surface area contributed by atoms with Gasteiger partial charge in [-0.25, -0.2) is 13.4 Å². The Labute approximate surface area is 337 Å². The third-order valence-corrected chi connectivity index (χ3v) is 11.1. The largest absolute Gasteiger partial charge is 0.494 e. The summed E-state index contributed by atoms with van der Waals surface area (Å²) in [4.78, 5) is 67.9. The number of nitrogens with zero attached hydrogens (tertiary/aromatic N) is 3. The van der Waals surface area contributed by atoms with Gasteiger partial charge < -0.3 is 45.2 Å². The molecule has 0 unspecified atom stereocenters. The maximum absolute atomic E-state index is 13.7. The van der Waals surface area contributed by atoms with E-state index in [-0.39, 0.29) is 47.9 Å². The van der Waals surface area contributed by atoms with Gasteiger partial charge in [0.15, 0.2) is 0 Å². The smallest absolute Gasteiger partial charge is 0.325 e. The van der Waals surface area contributed by atoms with Gasteiger partial charge in [0.1, 0.15) is 17.4 Å². The molecule has 18 nitrogen and oxygen atoms in total. The summed E-state index contributed by atoms with van der Waals surface area (Å²) >= 11 is 0. The summed E-state index contributed by atoms with van der Waals surface area (Å²) in [6, 6.07) is 6.49. The zero-order valence-corrected chi connectivity index (χ0v) is 34.7. The van der Waals surface area contributed by atoms with Crippen LogP contribution in [0.5, 0.6) is 5.75 Å². The molecule has 4 rings (SSSR count). The Hall–Kier alpha value is -5.79. The van der Waals surface area contributed by atoms with E-state index >= 15 is 0 Å². The van der Waals surface area contributed by atoms with Gasteiger partial charge >= 0.3 is 5.97 Å². The molecule has 0 aliphatic heterocycles. The van der Waals surface area contributed by atoms with Crippen molar-refractivity contribution in [1.82, 2.24) is 40.1 Å². The second kappa shape index (κ2) is 20.6. The minimum Gasteiger partial charge on any atom is -0.494 e. The number of aromatic nitrogens is 3. The Morgan fingerprint density at radius 2 is 1.66 bits per heavy atom. The molecule has 0 radical (unpaired) electrons.